The van der Waals surface area contributed by atoms with E-state index in [1.54, 1.807) is 18.2 Å². The summed E-state index contributed by atoms with van der Waals surface area (Å²) in [5, 5.41) is 3.09. The summed E-state index contributed by atoms with van der Waals surface area (Å²) in [6.07, 6.45) is 0. The van der Waals surface area contributed by atoms with Gasteiger partial charge in [0.1, 0.15) is 0 Å². The summed E-state index contributed by atoms with van der Waals surface area (Å²) in [5.74, 6) is 0.156. The smallest absolute Gasteiger partial charge is 0.241 e. The van der Waals surface area contributed by atoms with Crippen LogP contribution in [-0.4, -0.2) is 35.1 Å². The number of benzene rings is 2. The second-order valence-electron chi connectivity index (χ2n) is 5.35. The van der Waals surface area contributed by atoms with E-state index in [9.17, 15) is 13.2 Å². The highest BCUT2D eigenvalue weighted by Crippen LogP contribution is 2.29. The molecule has 7 nitrogen and oxygen atoms in total. The van der Waals surface area contributed by atoms with Crippen molar-refractivity contribution in [3.05, 3.63) is 47.0 Å². The molecule has 0 fully saturated rings. The number of hydrogen-bond acceptors (Lipinski definition) is 5. The van der Waals surface area contributed by atoms with E-state index in [2.05, 4.69) is 10.0 Å². The zero-order valence-corrected chi connectivity index (χ0v) is 16.1. The maximum atomic E-state index is 12.3. The summed E-state index contributed by atoms with van der Waals surface area (Å²) < 4.78 is 37.1. The Morgan fingerprint density at radius 2 is 1.77 bits per heavy atom. The average Bonchev–Trinajstić information content (AvgIpc) is 2.62. The number of ether oxygens (including phenoxy) is 2. The molecule has 0 unspecified atom stereocenters. The predicted molar refractivity (Wildman–Crippen MR) is 99.6 cm³/mol. The second kappa shape index (κ2) is 8.39. The minimum absolute atomic E-state index is 0.0404. The van der Waals surface area contributed by atoms with Gasteiger partial charge < -0.3 is 14.8 Å². The van der Waals surface area contributed by atoms with Crippen molar-refractivity contribution >= 4 is 33.2 Å². The number of aryl methyl sites for hydroxylation is 1. The quantitative estimate of drug-likeness (QED) is 0.747. The van der Waals surface area contributed by atoms with Crippen LogP contribution < -0.4 is 19.5 Å². The molecule has 0 aliphatic carbocycles. The Bertz CT molecular complexity index is 915. The lowest BCUT2D eigenvalue weighted by Gasteiger charge is -2.11. The predicted octanol–water partition coefficient (Wildman–Crippen LogP) is 2.58. The monoisotopic (exact) mass is 398 g/mol. The van der Waals surface area contributed by atoms with Crippen LogP contribution in [0.2, 0.25) is 5.02 Å². The summed E-state index contributed by atoms with van der Waals surface area (Å²) in [4.78, 5) is 11.9. The Kier molecular flexibility index (Phi) is 6.47. The van der Waals surface area contributed by atoms with Crippen LogP contribution in [0, 0.1) is 6.92 Å². The molecule has 0 aromatic heterocycles. The molecule has 0 bridgehead atoms. The Morgan fingerprint density at radius 3 is 2.38 bits per heavy atom. The highest BCUT2D eigenvalue weighted by Gasteiger charge is 2.18. The van der Waals surface area contributed by atoms with Gasteiger partial charge in [-0.2, -0.15) is 0 Å². The van der Waals surface area contributed by atoms with Gasteiger partial charge in [0.15, 0.2) is 11.5 Å². The SMILES string of the molecule is COc1ccc(S(=O)(=O)NCC(=O)Nc2ccc(C)c(Cl)c2)cc1OC. The Morgan fingerprint density at radius 1 is 1.08 bits per heavy atom. The molecular formula is C17H19ClN2O5S. The van der Waals surface area contributed by atoms with E-state index in [0.29, 0.717) is 16.5 Å². The van der Waals surface area contributed by atoms with Crippen molar-refractivity contribution in [2.45, 2.75) is 11.8 Å². The molecule has 2 N–H and O–H groups in total. The number of hydrogen-bond donors (Lipinski definition) is 2. The van der Waals surface area contributed by atoms with Crippen LogP contribution in [0.25, 0.3) is 0 Å². The summed E-state index contributed by atoms with van der Waals surface area (Å²) in [5.41, 5.74) is 1.36. The number of halogens is 1. The van der Waals surface area contributed by atoms with E-state index in [0.717, 1.165) is 5.56 Å². The Hall–Kier alpha value is -2.29. The first-order valence-electron chi connectivity index (χ1n) is 7.54. The van der Waals surface area contributed by atoms with Crippen molar-refractivity contribution < 1.29 is 22.7 Å². The van der Waals surface area contributed by atoms with Crippen molar-refractivity contribution in [2.24, 2.45) is 0 Å². The van der Waals surface area contributed by atoms with E-state index in [1.807, 2.05) is 6.92 Å². The van der Waals surface area contributed by atoms with E-state index >= 15 is 0 Å². The zero-order chi connectivity index (χ0) is 19.3. The molecule has 26 heavy (non-hydrogen) atoms. The second-order valence-corrected chi connectivity index (χ2v) is 7.53. The van der Waals surface area contributed by atoms with Gasteiger partial charge in [0.05, 0.1) is 25.7 Å². The van der Waals surface area contributed by atoms with E-state index in [1.165, 1.54) is 32.4 Å². The number of rotatable bonds is 7. The molecule has 0 atom stereocenters. The third-order valence-corrected chi connectivity index (χ3v) is 5.35. The molecule has 2 aromatic rings. The first kappa shape index (κ1) is 20.0. The zero-order valence-electron chi connectivity index (χ0n) is 14.5. The minimum atomic E-state index is -3.89. The minimum Gasteiger partial charge on any atom is -0.493 e. The summed E-state index contributed by atoms with van der Waals surface area (Å²) in [7, 11) is -1.04. The lowest BCUT2D eigenvalue weighted by atomic mass is 10.2. The number of carbonyl (C=O) groups is 1. The van der Waals surface area contributed by atoms with Crippen molar-refractivity contribution in [3.63, 3.8) is 0 Å². The van der Waals surface area contributed by atoms with Crippen molar-refractivity contribution in [1.29, 1.82) is 0 Å². The van der Waals surface area contributed by atoms with Crippen LogP contribution in [-0.2, 0) is 14.8 Å². The van der Waals surface area contributed by atoms with E-state index in [-0.39, 0.29) is 10.6 Å². The van der Waals surface area contributed by atoms with Gasteiger partial charge in [-0.25, -0.2) is 13.1 Å². The Balaban J connectivity index is 2.05. The van der Waals surface area contributed by atoms with Gasteiger partial charge in [-0.05, 0) is 36.8 Å². The molecular weight excluding hydrogens is 380 g/mol. The summed E-state index contributed by atoms with van der Waals surface area (Å²) in [6, 6.07) is 9.19. The average molecular weight is 399 g/mol. The molecule has 0 heterocycles. The molecule has 0 radical (unpaired) electrons. The number of anilines is 1. The summed E-state index contributed by atoms with van der Waals surface area (Å²) >= 11 is 6.00. The molecule has 0 saturated heterocycles. The topological polar surface area (TPSA) is 93.7 Å². The third kappa shape index (κ3) is 4.87. The van der Waals surface area contributed by atoms with Crippen molar-refractivity contribution in [3.8, 4) is 11.5 Å². The lowest BCUT2D eigenvalue weighted by molar-refractivity contribution is -0.115. The van der Waals surface area contributed by atoms with Gasteiger partial charge in [-0.3, -0.25) is 4.79 Å². The number of nitrogens with one attached hydrogen (secondary N) is 2. The van der Waals surface area contributed by atoms with E-state index < -0.39 is 22.5 Å². The van der Waals surface area contributed by atoms with Gasteiger partial charge in [0.2, 0.25) is 15.9 Å². The van der Waals surface area contributed by atoms with E-state index in [4.69, 9.17) is 21.1 Å². The van der Waals surface area contributed by atoms with Crippen LogP contribution in [0.5, 0.6) is 11.5 Å². The third-order valence-electron chi connectivity index (χ3n) is 3.54. The Labute approximate surface area is 157 Å². The molecule has 0 aliphatic heterocycles. The molecule has 0 saturated carbocycles. The lowest BCUT2D eigenvalue weighted by Crippen LogP contribution is -2.32. The van der Waals surface area contributed by atoms with Gasteiger partial charge in [-0.15, -0.1) is 0 Å². The standard InChI is InChI=1S/C17H19ClN2O5S/c1-11-4-5-12(8-14(11)18)20-17(21)10-19-26(22,23)13-6-7-15(24-2)16(9-13)25-3/h4-9,19H,10H2,1-3H3,(H,20,21). The molecule has 9 heteroatoms. The van der Waals surface area contributed by atoms with Crippen LogP contribution in [0.1, 0.15) is 5.56 Å². The normalized spacial score (nSPS) is 11.1. The first-order chi connectivity index (χ1) is 12.3. The molecule has 2 aromatic carbocycles. The molecule has 1 amide bonds. The largest absolute Gasteiger partial charge is 0.493 e. The maximum absolute atomic E-state index is 12.3. The van der Waals surface area contributed by atoms with Gasteiger partial charge in [0, 0.05) is 16.8 Å². The molecule has 140 valence electrons. The molecule has 0 spiro atoms. The van der Waals surface area contributed by atoms with Gasteiger partial charge >= 0.3 is 0 Å². The number of methoxy groups -OCH3 is 2. The fraction of sp³-hybridized carbons (Fsp3) is 0.235. The number of carbonyl (C=O) groups excluding carboxylic acids is 1. The van der Waals surface area contributed by atoms with Gasteiger partial charge in [0.25, 0.3) is 0 Å². The van der Waals surface area contributed by atoms with Crippen LogP contribution in [0.4, 0.5) is 5.69 Å². The van der Waals surface area contributed by atoms with Crippen LogP contribution in [0.15, 0.2) is 41.3 Å². The fourth-order valence-corrected chi connectivity index (χ4v) is 3.28. The van der Waals surface area contributed by atoms with Crippen LogP contribution in [0.3, 0.4) is 0 Å². The highest BCUT2D eigenvalue weighted by atomic mass is 35.5. The van der Waals surface area contributed by atoms with Gasteiger partial charge in [-0.1, -0.05) is 17.7 Å². The maximum Gasteiger partial charge on any atom is 0.241 e. The van der Waals surface area contributed by atoms with Crippen molar-refractivity contribution in [2.75, 3.05) is 26.1 Å². The number of sulfonamides is 1. The molecule has 2 rings (SSSR count). The fourth-order valence-electron chi connectivity index (χ4n) is 2.10. The highest BCUT2D eigenvalue weighted by molar-refractivity contribution is 7.89. The first-order valence-corrected chi connectivity index (χ1v) is 9.40. The number of amides is 1. The van der Waals surface area contributed by atoms with Crippen LogP contribution >= 0.6 is 11.6 Å². The summed E-state index contributed by atoms with van der Waals surface area (Å²) in [6.45, 7) is 1.41. The van der Waals surface area contributed by atoms with Crippen molar-refractivity contribution in [1.82, 2.24) is 4.72 Å². The molecule has 0 aliphatic rings.